The average molecular weight is 440 g/mol. The van der Waals surface area contributed by atoms with E-state index in [1.165, 1.54) is 70.6 Å². The lowest BCUT2D eigenvalue weighted by molar-refractivity contribution is -0.138. The first-order valence-corrected chi connectivity index (χ1v) is 12.9. The lowest BCUT2D eigenvalue weighted by atomic mass is 10.0. The van der Waals surface area contributed by atoms with Crippen LogP contribution in [-0.4, -0.2) is 34.7 Å². The number of allylic oxidation sites excluding steroid dienone is 2. The summed E-state index contributed by atoms with van der Waals surface area (Å²) in [4.78, 5) is 21.6. The van der Waals surface area contributed by atoms with Gasteiger partial charge in [0.1, 0.15) is 0 Å². The molecule has 1 atom stereocenters. The van der Waals surface area contributed by atoms with Crippen molar-refractivity contribution < 1.29 is 19.8 Å². The topological polar surface area (TPSA) is 86.6 Å². The minimum atomic E-state index is -0.754. The maximum atomic E-state index is 11.1. The molecule has 0 spiro atoms. The Kier molecular flexibility index (Phi) is 22.3. The van der Waals surface area contributed by atoms with Crippen LogP contribution in [0.25, 0.3) is 0 Å². The normalized spacial score (nSPS) is 12.4. The number of nitrogens with one attached hydrogen (secondary N) is 1. The average Bonchev–Trinajstić information content (AvgIpc) is 2.72. The van der Waals surface area contributed by atoms with Crippen molar-refractivity contribution in [2.24, 2.45) is 0 Å². The van der Waals surface area contributed by atoms with Crippen LogP contribution in [0.5, 0.6) is 0 Å². The van der Waals surface area contributed by atoms with Gasteiger partial charge in [0, 0.05) is 12.5 Å². The van der Waals surface area contributed by atoms with Gasteiger partial charge in [-0.05, 0) is 51.5 Å². The zero-order chi connectivity index (χ0) is 23.0. The van der Waals surface area contributed by atoms with Crippen LogP contribution in [0.1, 0.15) is 129 Å². The molecule has 0 fully saturated rings. The molecule has 0 bridgehead atoms. The second kappa shape index (κ2) is 23.3. The summed E-state index contributed by atoms with van der Waals surface area (Å²) in [6.07, 6.45) is 25.0. The van der Waals surface area contributed by atoms with Crippen molar-refractivity contribution in [1.29, 1.82) is 0 Å². The van der Waals surface area contributed by atoms with E-state index in [1.807, 2.05) is 0 Å². The summed E-state index contributed by atoms with van der Waals surface area (Å²) in [6, 6.07) is 0.0295. The van der Waals surface area contributed by atoms with Gasteiger partial charge in [-0.2, -0.15) is 0 Å². The van der Waals surface area contributed by atoms with Crippen molar-refractivity contribution in [1.82, 2.24) is 5.32 Å². The van der Waals surface area contributed by atoms with E-state index in [2.05, 4.69) is 24.4 Å². The molecular weight excluding hydrogens is 390 g/mol. The Morgan fingerprint density at radius 1 is 0.710 bits per heavy atom. The van der Waals surface area contributed by atoms with E-state index < -0.39 is 11.9 Å². The molecule has 0 aromatic heterocycles. The van der Waals surface area contributed by atoms with Crippen molar-refractivity contribution >= 4 is 11.9 Å². The van der Waals surface area contributed by atoms with Crippen LogP contribution in [0.2, 0.25) is 0 Å². The molecule has 0 saturated heterocycles. The van der Waals surface area contributed by atoms with E-state index in [0.717, 1.165) is 38.6 Å². The molecule has 31 heavy (non-hydrogen) atoms. The van der Waals surface area contributed by atoms with Crippen LogP contribution in [0, 0.1) is 0 Å². The molecule has 0 aliphatic carbocycles. The number of unbranched alkanes of at least 4 members (excludes halogenated alkanes) is 13. The maximum absolute atomic E-state index is 11.1. The van der Waals surface area contributed by atoms with Gasteiger partial charge >= 0.3 is 11.9 Å². The Balaban J connectivity index is 3.58. The van der Waals surface area contributed by atoms with E-state index in [4.69, 9.17) is 10.2 Å². The molecular formula is C26H49NO4. The first-order valence-electron chi connectivity index (χ1n) is 12.9. The summed E-state index contributed by atoms with van der Waals surface area (Å²) in [5, 5.41) is 21.1. The smallest absolute Gasteiger partial charge is 0.304 e. The zero-order valence-electron chi connectivity index (χ0n) is 20.1. The minimum Gasteiger partial charge on any atom is -0.481 e. The molecule has 0 radical (unpaired) electrons. The Morgan fingerprint density at radius 3 is 1.84 bits per heavy atom. The largest absolute Gasteiger partial charge is 0.481 e. The fourth-order valence-corrected chi connectivity index (χ4v) is 3.83. The molecule has 0 amide bonds. The van der Waals surface area contributed by atoms with Crippen LogP contribution < -0.4 is 5.32 Å². The van der Waals surface area contributed by atoms with E-state index >= 15 is 0 Å². The summed E-state index contributed by atoms with van der Waals surface area (Å²) in [5.74, 6) is -1.50. The fraction of sp³-hybridized carbons (Fsp3) is 0.846. The van der Waals surface area contributed by atoms with Crippen molar-refractivity contribution in [2.45, 2.75) is 135 Å². The van der Waals surface area contributed by atoms with Crippen LogP contribution in [0.3, 0.4) is 0 Å². The SMILES string of the molecule is CCCCCCCC/C=C\CCCCCCCC(CC(=O)O)NCCCCCC(=O)O. The van der Waals surface area contributed by atoms with E-state index in [9.17, 15) is 9.59 Å². The number of aliphatic carboxylic acids is 2. The lowest BCUT2D eigenvalue weighted by Crippen LogP contribution is -2.32. The monoisotopic (exact) mass is 439 g/mol. The van der Waals surface area contributed by atoms with E-state index in [0.29, 0.717) is 6.42 Å². The van der Waals surface area contributed by atoms with Crippen molar-refractivity contribution in [3.05, 3.63) is 12.2 Å². The molecule has 0 aliphatic rings. The van der Waals surface area contributed by atoms with Crippen LogP contribution in [0.15, 0.2) is 12.2 Å². The Bertz CT molecular complexity index is 451. The maximum Gasteiger partial charge on any atom is 0.304 e. The zero-order valence-corrected chi connectivity index (χ0v) is 20.1. The molecule has 0 aromatic rings. The molecule has 3 N–H and O–H groups in total. The molecule has 0 saturated carbocycles. The van der Waals surface area contributed by atoms with Gasteiger partial charge in [0.2, 0.25) is 0 Å². The molecule has 0 aromatic carbocycles. The standard InChI is InChI=1S/C26H49NO4/c1-2-3-4-5-6-7-8-9-10-11-12-13-14-15-17-20-24(23-26(30)31)27-22-19-16-18-21-25(28)29/h9-10,24,27H,2-8,11-23H2,1H3,(H,28,29)(H,30,31)/b10-9-. The third-order valence-corrected chi connectivity index (χ3v) is 5.74. The number of carbonyl (C=O) groups is 2. The molecule has 5 heteroatoms. The molecule has 182 valence electrons. The summed E-state index contributed by atoms with van der Waals surface area (Å²) < 4.78 is 0. The minimum absolute atomic E-state index is 0.0295. The molecule has 0 rings (SSSR count). The van der Waals surface area contributed by atoms with Gasteiger partial charge in [-0.3, -0.25) is 9.59 Å². The third kappa shape index (κ3) is 24.8. The first-order chi connectivity index (χ1) is 15.1. The van der Waals surface area contributed by atoms with Gasteiger partial charge in [0.05, 0.1) is 6.42 Å². The Labute approximate surface area is 191 Å². The summed E-state index contributed by atoms with van der Waals surface area (Å²) >= 11 is 0. The lowest BCUT2D eigenvalue weighted by Gasteiger charge is -2.16. The van der Waals surface area contributed by atoms with Crippen LogP contribution >= 0.6 is 0 Å². The summed E-state index contributed by atoms with van der Waals surface area (Å²) in [6.45, 7) is 3.02. The predicted molar refractivity (Wildman–Crippen MR) is 130 cm³/mol. The van der Waals surface area contributed by atoms with Gasteiger partial charge in [0.15, 0.2) is 0 Å². The van der Waals surface area contributed by atoms with E-state index in [-0.39, 0.29) is 18.9 Å². The van der Waals surface area contributed by atoms with Gasteiger partial charge in [-0.15, -0.1) is 0 Å². The van der Waals surface area contributed by atoms with Gasteiger partial charge < -0.3 is 15.5 Å². The van der Waals surface area contributed by atoms with Crippen LogP contribution in [-0.2, 0) is 9.59 Å². The van der Waals surface area contributed by atoms with Gasteiger partial charge in [0.25, 0.3) is 0 Å². The first kappa shape index (κ1) is 29.6. The highest BCUT2D eigenvalue weighted by Crippen LogP contribution is 2.12. The van der Waals surface area contributed by atoms with Crippen molar-refractivity contribution in [3.8, 4) is 0 Å². The number of hydrogen-bond donors (Lipinski definition) is 3. The fourth-order valence-electron chi connectivity index (χ4n) is 3.83. The molecule has 5 nitrogen and oxygen atoms in total. The number of hydrogen-bond acceptors (Lipinski definition) is 3. The number of carboxylic acids is 2. The highest BCUT2D eigenvalue weighted by Gasteiger charge is 2.12. The second-order valence-corrected chi connectivity index (χ2v) is 8.83. The third-order valence-electron chi connectivity index (χ3n) is 5.74. The summed E-state index contributed by atoms with van der Waals surface area (Å²) in [5.41, 5.74) is 0. The molecule has 1 unspecified atom stereocenters. The highest BCUT2D eigenvalue weighted by molar-refractivity contribution is 5.67. The Hall–Kier alpha value is -1.36. The quantitative estimate of drug-likeness (QED) is 0.110. The molecule has 0 aliphatic heterocycles. The summed E-state index contributed by atoms with van der Waals surface area (Å²) in [7, 11) is 0. The number of carboxylic acid groups (broad SMARTS) is 2. The predicted octanol–water partition coefficient (Wildman–Crippen LogP) is 7.10. The van der Waals surface area contributed by atoms with Gasteiger partial charge in [-0.1, -0.05) is 83.3 Å². The molecule has 0 heterocycles. The van der Waals surface area contributed by atoms with Crippen molar-refractivity contribution in [3.63, 3.8) is 0 Å². The van der Waals surface area contributed by atoms with E-state index in [1.54, 1.807) is 0 Å². The van der Waals surface area contributed by atoms with Crippen molar-refractivity contribution in [2.75, 3.05) is 6.54 Å². The second-order valence-electron chi connectivity index (χ2n) is 8.83. The number of rotatable bonds is 24. The van der Waals surface area contributed by atoms with Crippen LogP contribution in [0.4, 0.5) is 0 Å². The highest BCUT2D eigenvalue weighted by atomic mass is 16.4. The Morgan fingerprint density at radius 2 is 1.26 bits per heavy atom. The van der Waals surface area contributed by atoms with Gasteiger partial charge in [-0.25, -0.2) is 0 Å².